The van der Waals surface area contributed by atoms with Crippen LogP contribution in [0.15, 0.2) is 12.3 Å². The van der Waals surface area contributed by atoms with Crippen molar-refractivity contribution in [3.63, 3.8) is 0 Å². The van der Waals surface area contributed by atoms with E-state index in [-0.39, 0.29) is 6.04 Å². The average Bonchev–Trinajstić information content (AvgIpc) is 2.87. The molecule has 0 spiro atoms. The largest absolute Gasteiger partial charge is 0.327 e. The Labute approximate surface area is 118 Å². The lowest BCUT2D eigenvalue weighted by Gasteiger charge is -2.21. The minimum atomic E-state index is 0.247. The van der Waals surface area contributed by atoms with Gasteiger partial charge in [0.15, 0.2) is 0 Å². The second-order valence-electron chi connectivity index (χ2n) is 5.72. The maximum atomic E-state index is 6.37. The Hall–Kier alpha value is -0.830. The third-order valence-corrected chi connectivity index (χ3v) is 4.21. The van der Waals surface area contributed by atoms with Crippen LogP contribution in [0.5, 0.6) is 0 Å². The molecule has 0 saturated carbocycles. The molecule has 0 fully saturated rings. The molecule has 3 heteroatoms. The van der Waals surface area contributed by atoms with Crippen molar-refractivity contribution in [3.05, 3.63) is 18.0 Å². The molecule has 3 atom stereocenters. The summed E-state index contributed by atoms with van der Waals surface area (Å²) in [6.45, 7) is 8.88. The van der Waals surface area contributed by atoms with Crippen LogP contribution < -0.4 is 5.73 Å². The van der Waals surface area contributed by atoms with Crippen LogP contribution in [0.4, 0.5) is 0 Å². The highest BCUT2D eigenvalue weighted by molar-refractivity contribution is 5.02. The molecule has 2 N–H and O–H groups in total. The molecule has 0 saturated heterocycles. The van der Waals surface area contributed by atoms with E-state index in [9.17, 15) is 0 Å². The highest BCUT2D eigenvalue weighted by atomic mass is 15.3. The topological polar surface area (TPSA) is 43.8 Å². The third kappa shape index (κ3) is 4.98. The molecular formula is C16H31N3. The zero-order chi connectivity index (χ0) is 14.3. The van der Waals surface area contributed by atoms with Crippen LogP contribution in [-0.4, -0.2) is 15.8 Å². The van der Waals surface area contributed by atoms with Gasteiger partial charge in [-0.05, 0) is 31.7 Å². The number of rotatable bonds is 9. The van der Waals surface area contributed by atoms with E-state index in [1.165, 1.54) is 25.7 Å². The minimum absolute atomic E-state index is 0.247. The molecule has 3 nitrogen and oxygen atoms in total. The first-order valence-corrected chi connectivity index (χ1v) is 7.91. The van der Waals surface area contributed by atoms with Crippen molar-refractivity contribution < 1.29 is 0 Å². The van der Waals surface area contributed by atoms with Crippen LogP contribution >= 0.6 is 0 Å². The summed E-state index contributed by atoms with van der Waals surface area (Å²) in [5.41, 5.74) is 7.51. The van der Waals surface area contributed by atoms with E-state index in [2.05, 4.69) is 49.7 Å². The first-order valence-electron chi connectivity index (χ1n) is 7.91. The van der Waals surface area contributed by atoms with Crippen LogP contribution in [-0.2, 0) is 6.42 Å². The number of hydrogen-bond acceptors (Lipinski definition) is 2. The van der Waals surface area contributed by atoms with Gasteiger partial charge in [0.05, 0.1) is 5.69 Å². The zero-order valence-corrected chi connectivity index (χ0v) is 13.1. The van der Waals surface area contributed by atoms with Gasteiger partial charge in [-0.1, -0.05) is 40.0 Å². The average molecular weight is 265 g/mol. The Morgan fingerprint density at radius 2 is 2.00 bits per heavy atom. The summed E-state index contributed by atoms with van der Waals surface area (Å²) < 4.78 is 2.06. The second kappa shape index (κ2) is 8.36. The SMILES string of the molecule is CCCCC(CC)C(N)Cc1ccn(C(C)CC)n1. The Morgan fingerprint density at radius 3 is 2.58 bits per heavy atom. The summed E-state index contributed by atoms with van der Waals surface area (Å²) in [5, 5.41) is 4.65. The summed E-state index contributed by atoms with van der Waals surface area (Å²) in [5.74, 6) is 0.633. The van der Waals surface area contributed by atoms with Crippen molar-refractivity contribution in [1.82, 2.24) is 9.78 Å². The fraction of sp³-hybridized carbons (Fsp3) is 0.812. The van der Waals surface area contributed by atoms with Gasteiger partial charge in [0, 0.05) is 24.7 Å². The van der Waals surface area contributed by atoms with Crippen molar-refractivity contribution in [3.8, 4) is 0 Å². The molecule has 0 aromatic carbocycles. The lowest BCUT2D eigenvalue weighted by molar-refractivity contribution is 0.365. The number of aromatic nitrogens is 2. The maximum Gasteiger partial charge on any atom is 0.0640 e. The van der Waals surface area contributed by atoms with E-state index >= 15 is 0 Å². The van der Waals surface area contributed by atoms with Crippen molar-refractivity contribution in [2.45, 2.75) is 78.3 Å². The molecule has 0 aliphatic rings. The van der Waals surface area contributed by atoms with Crippen LogP contribution in [0.3, 0.4) is 0 Å². The second-order valence-corrected chi connectivity index (χ2v) is 5.72. The highest BCUT2D eigenvalue weighted by Gasteiger charge is 2.17. The van der Waals surface area contributed by atoms with Gasteiger partial charge in [-0.2, -0.15) is 5.10 Å². The van der Waals surface area contributed by atoms with E-state index < -0.39 is 0 Å². The van der Waals surface area contributed by atoms with Crippen LogP contribution in [0.1, 0.15) is 71.5 Å². The van der Waals surface area contributed by atoms with Gasteiger partial charge in [0.1, 0.15) is 0 Å². The van der Waals surface area contributed by atoms with Gasteiger partial charge in [0.2, 0.25) is 0 Å². The van der Waals surface area contributed by atoms with Crippen LogP contribution in [0.2, 0.25) is 0 Å². The fourth-order valence-corrected chi connectivity index (χ4v) is 2.51. The molecule has 0 bridgehead atoms. The molecule has 1 rings (SSSR count). The predicted octanol–water partition coefficient (Wildman–Crippen LogP) is 3.94. The minimum Gasteiger partial charge on any atom is -0.327 e. The molecule has 1 aromatic heterocycles. The molecule has 0 aliphatic heterocycles. The summed E-state index contributed by atoms with van der Waals surface area (Å²) >= 11 is 0. The van der Waals surface area contributed by atoms with E-state index in [1.807, 2.05) is 0 Å². The van der Waals surface area contributed by atoms with Crippen LogP contribution in [0.25, 0.3) is 0 Å². The molecule has 0 amide bonds. The lowest BCUT2D eigenvalue weighted by atomic mass is 9.89. The van der Waals surface area contributed by atoms with Gasteiger partial charge in [0.25, 0.3) is 0 Å². The van der Waals surface area contributed by atoms with Gasteiger partial charge in [-0.15, -0.1) is 0 Å². The molecule has 0 aliphatic carbocycles. The molecule has 0 radical (unpaired) electrons. The standard InChI is InChI=1S/C16H31N3/c1-5-8-9-14(7-3)16(17)12-15-10-11-19(18-15)13(4)6-2/h10-11,13-14,16H,5-9,12,17H2,1-4H3. The Bertz CT molecular complexity index is 346. The maximum absolute atomic E-state index is 6.37. The van der Waals surface area contributed by atoms with Crippen molar-refractivity contribution in [2.24, 2.45) is 11.7 Å². The number of unbranched alkanes of at least 4 members (excludes halogenated alkanes) is 1. The highest BCUT2D eigenvalue weighted by Crippen LogP contribution is 2.19. The quantitative estimate of drug-likeness (QED) is 0.735. The Balaban J connectivity index is 2.55. The molecule has 110 valence electrons. The van der Waals surface area contributed by atoms with Crippen LogP contribution in [0, 0.1) is 5.92 Å². The van der Waals surface area contributed by atoms with Crippen molar-refractivity contribution in [1.29, 1.82) is 0 Å². The van der Waals surface area contributed by atoms with E-state index in [1.54, 1.807) is 0 Å². The Morgan fingerprint density at radius 1 is 1.26 bits per heavy atom. The number of nitrogens with two attached hydrogens (primary N) is 1. The number of hydrogen-bond donors (Lipinski definition) is 1. The van der Waals surface area contributed by atoms with Gasteiger partial charge in [-0.3, -0.25) is 4.68 Å². The first-order chi connectivity index (χ1) is 9.12. The summed E-state index contributed by atoms with van der Waals surface area (Å²) in [4.78, 5) is 0. The monoisotopic (exact) mass is 265 g/mol. The smallest absolute Gasteiger partial charge is 0.0640 e. The molecule has 1 heterocycles. The van der Waals surface area contributed by atoms with E-state index in [0.29, 0.717) is 12.0 Å². The molecule has 19 heavy (non-hydrogen) atoms. The van der Waals surface area contributed by atoms with E-state index in [0.717, 1.165) is 18.5 Å². The first kappa shape index (κ1) is 16.2. The zero-order valence-electron chi connectivity index (χ0n) is 13.1. The van der Waals surface area contributed by atoms with Gasteiger partial charge >= 0.3 is 0 Å². The summed E-state index contributed by atoms with van der Waals surface area (Å²) in [6.07, 6.45) is 9.07. The number of nitrogens with zero attached hydrogens (tertiary/aromatic N) is 2. The van der Waals surface area contributed by atoms with Crippen molar-refractivity contribution in [2.75, 3.05) is 0 Å². The predicted molar refractivity (Wildman–Crippen MR) is 82.2 cm³/mol. The van der Waals surface area contributed by atoms with E-state index in [4.69, 9.17) is 5.73 Å². The van der Waals surface area contributed by atoms with Gasteiger partial charge in [-0.25, -0.2) is 0 Å². The Kier molecular flexibility index (Phi) is 7.14. The molecular weight excluding hydrogens is 234 g/mol. The third-order valence-electron chi connectivity index (χ3n) is 4.21. The van der Waals surface area contributed by atoms with Crippen molar-refractivity contribution >= 4 is 0 Å². The molecule has 3 unspecified atom stereocenters. The summed E-state index contributed by atoms with van der Waals surface area (Å²) in [6, 6.07) is 2.85. The molecule has 1 aromatic rings. The lowest BCUT2D eigenvalue weighted by Crippen LogP contribution is -2.32. The van der Waals surface area contributed by atoms with Gasteiger partial charge < -0.3 is 5.73 Å². The fourth-order valence-electron chi connectivity index (χ4n) is 2.51. The summed E-state index contributed by atoms with van der Waals surface area (Å²) in [7, 11) is 0. The normalized spacial score (nSPS) is 16.3.